The maximum Gasteiger partial charge on any atom is 0.256 e. The van der Waals surface area contributed by atoms with Gasteiger partial charge in [0.15, 0.2) is 0 Å². The molecule has 1 fully saturated rings. The average Bonchev–Trinajstić information content (AvgIpc) is 3.29. The van der Waals surface area contributed by atoms with Gasteiger partial charge in [0.1, 0.15) is 24.1 Å². The number of hydrogen-bond acceptors (Lipinski definition) is 6. The molecule has 0 aliphatic carbocycles. The summed E-state index contributed by atoms with van der Waals surface area (Å²) >= 11 is 0. The monoisotopic (exact) mass is 390 g/mol. The van der Waals surface area contributed by atoms with Crippen molar-refractivity contribution in [1.29, 1.82) is 0 Å². The van der Waals surface area contributed by atoms with E-state index in [0.29, 0.717) is 25.3 Å². The van der Waals surface area contributed by atoms with Gasteiger partial charge in [0.2, 0.25) is 0 Å². The van der Waals surface area contributed by atoms with E-state index in [0.717, 1.165) is 42.0 Å². The molecular weight excluding hydrogens is 368 g/mol. The molecule has 1 saturated heterocycles. The van der Waals surface area contributed by atoms with Crippen molar-refractivity contribution in [1.82, 2.24) is 29.6 Å². The first-order valence-electron chi connectivity index (χ1n) is 9.87. The molecule has 1 spiro atoms. The van der Waals surface area contributed by atoms with E-state index < -0.39 is 5.60 Å². The lowest BCUT2D eigenvalue weighted by molar-refractivity contribution is -0.0968. The highest BCUT2D eigenvalue weighted by molar-refractivity contribution is 5.97. The fourth-order valence-corrected chi connectivity index (χ4v) is 4.31. The molecule has 148 valence electrons. The summed E-state index contributed by atoms with van der Waals surface area (Å²) in [6.07, 6.45) is 7.29. The van der Waals surface area contributed by atoms with Crippen molar-refractivity contribution >= 4 is 5.91 Å². The summed E-state index contributed by atoms with van der Waals surface area (Å²) in [5.41, 5.74) is 3.11. The molecule has 1 aromatic carbocycles. The minimum absolute atomic E-state index is 0.000788. The number of fused-ring (bicyclic) bond motifs is 2. The van der Waals surface area contributed by atoms with Crippen LogP contribution >= 0.6 is 0 Å². The van der Waals surface area contributed by atoms with Crippen molar-refractivity contribution in [3.05, 3.63) is 65.8 Å². The Balaban J connectivity index is 1.39. The van der Waals surface area contributed by atoms with Gasteiger partial charge in [-0.1, -0.05) is 12.1 Å². The highest BCUT2D eigenvalue weighted by Crippen LogP contribution is 2.40. The Bertz CT molecular complexity index is 1040. The molecule has 8 nitrogen and oxygen atoms in total. The standard InChI is InChI=1S/C21H22N6O2/c1-15-23-12-16-6-11-29-21(19(16)25-15)7-9-26(10-8-21)20(28)17-4-2-3-5-18(17)27-14-22-13-24-27/h2-5,12-14H,6-11H2,1H3. The number of likely N-dealkylation sites (tertiary alicyclic amines) is 1. The molecule has 5 rings (SSSR count). The van der Waals surface area contributed by atoms with Gasteiger partial charge in [-0.25, -0.2) is 19.6 Å². The van der Waals surface area contributed by atoms with Crippen molar-refractivity contribution in [2.24, 2.45) is 0 Å². The summed E-state index contributed by atoms with van der Waals surface area (Å²) in [5, 5.41) is 4.18. The zero-order valence-corrected chi connectivity index (χ0v) is 16.3. The molecule has 0 N–H and O–H groups in total. The zero-order chi connectivity index (χ0) is 19.8. The van der Waals surface area contributed by atoms with Crippen molar-refractivity contribution in [2.45, 2.75) is 31.8 Å². The van der Waals surface area contributed by atoms with Crippen LogP contribution in [0.4, 0.5) is 0 Å². The minimum atomic E-state index is -0.413. The van der Waals surface area contributed by atoms with Crippen molar-refractivity contribution in [2.75, 3.05) is 19.7 Å². The molecule has 4 heterocycles. The molecular formula is C21H22N6O2. The van der Waals surface area contributed by atoms with Gasteiger partial charge >= 0.3 is 0 Å². The summed E-state index contributed by atoms with van der Waals surface area (Å²) in [6.45, 7) is 3.81. The summed E-state index contributed by atoms with van der Waals surface area (Å²) in [7, 11) is 0. The highest BCUT2D eigenvalue weighted by atomic mass is 16.5. The van der Waals surface area contributed by atoms with Crippen LogP contribution in [-0.2, 0) is 16.8 Å². The molecule has 0 radical (unpaired) electrons. The maximum atomic E-state index is 13.3. The number of ether oxygens (including phenoxy) is 1. The molecule has 0 saturated carbocycles. The number of aryl methyl sites for hydroxylation is 1. The second-order valence-electron chi connectivity index (χ2n) is 7.53. The predicted molar refractivity (Wildman–Crippen MR) is 105 cm³/mol. The number of carbonyl (C=O) groups excluding carboxylic acids is 1. The molecule has 29 heavy (non-hydrogen) atoms. The van der Waals surface area contributed by atoms with Gasteiger partial charge in [0.25, 0.3) is 5.91 Å². The lowest BCUT2D eigenvalue weighted by Crippen LogP contribution is -2.49. The summed E-state index contributed by atoms with van der Waals surface area (Å²) in [5.74, 6) is 0.759. The molecule has 3 aromatic rings. The Hall–Kier alpha value is -3.13. The van der Waals surface area contributed by atoms with Gasteiger partial charge < -0.3 is 9.64 Å². The van der Waals surface area contributed by atoms with Crippen LogP contribution < -0.4 is 0 Å². The number of hydrogen-bond donors (Lipinski definition) is 0. The van der Waals surface area contributed by atoms with Gasteiger partial charge in [-0.2, -0.15) is 5.10 Å². The van der Waals surface area contributed by atoms with Gasteiger partial charge in [-0.15, -0.1) is 0 Å². The molecule has 0 unspecified atom stereocenters. The second kappa shape index (κ2) is 7.04. The van der Waals surface area contributed by atoms with Crippen LogP contribution in [0.2, 0.25) is 0 Å². The Labute approximate surface area is 168 Å². The molecule has 0 atom stereocenters. The summed E-state index contributed by atoms with van der Waals surface area (Å²) in [6, 6.07) is 7.49. The van der Waals surface area contributed by atoms with E-state index in [-0.39, 0.29) is 5.91 Å². The number of amides is 1. The number of nitrogens with zero attached hydrogens (tertiary/aromatic N) is 6. The number of benzene rings is 1. The SMILES string of the molecule is Cc1ncc2c(n1)C1(CCN(C(=O)c3ccccc3-n3cncn3)CC1)OCC2. The molecule has 8 heteroatoms. The van der Waals surface area contributed by atoms with E-state index in [1.165, 1.54) is 6.33 Å². The lowest BCUT2D eigenvalue weighted by atomic mass is 9.83. The Morgan fingerprint density at radius 1 is 1.21 bits per heavy atom. The smallest absolute Gasteiger partial charge is 0.256 e. The zero-order valence-electron chi connectivity index (χ0n) is 16.3. The molecule has 1 amide bonds. The van der Waals surface area contributed by atoms with Crippen LogP contribution in [-0.4, -0.2) is 55.2 Å². The molecule has 2 aliphatic rings. The van der Waals surface area contributed by atoms with Crippen LogP contribution in [0.25, 0.3) is 5.69 Å². The first-order valence-corrected chi connectivity index (χ1v) is 9.87. The minimum Gasteiger partial charge on any atom is -0.368 e. The van der Waals surface area contributed by atoms with E-state index in [9.17, 15) is 4.79 Å². The summed E-state index contributed by atoms with van der Waals surface area (Å²) in [4.78, 5) is 28.2. The van der Waals surface area contributed by atoms with Crippen molar-refractivity contribution < 1.29 is 9.53 Å². The van der Waals surface area contributed by atoms with Gasteiger partial charge in [0.05, 0.1) is 23.6 Å². The maximum absolute atomic E-state index is 13.3. The van der Waals surface area contributed by atoms with Crippen LogP contribution in [0.15, 0.2) is 43.1 Å². The summed E-state index contributed by atoms with van der Waals surface area (Å²) < 4.78 is 7.88. The average molecular weight is 390 g/mol. The molecule has 2 aromatic heterocycles. The third kappa shape index (κ3) is 3.09. The van der Waals surface area contributed by atoms with Crippen LogP contribution in [0.3, 0.4) is 0 Å². The van der Waals surface area contributed by atoms with E-state index >= 15 is 0 Å². The van der Waals surface area contributed by atoms with Crippen LogP contribution in [0.1, 0.15) is 40.3 Å². The molecule has 2 aliphatic heterocycles. The number of para-hydroxylation sites is 1. The topological polar surface area (TPSA) is 86.0 Å². The van der Waals surface area contributed by atoms with Gasteiger partial charge in [-0.05, 0) is 43.9 Å². The fraction of sp³-hybridized carbons (Fsp3) is 0.381. The lowest BCUT2D eigenvalue weighted by Gasteiger charge is -2.44. The second-order valence-corrected chi connectivity index (χ2v) is 7.53. The third-order valence-corrected chi connectivity index (χ3v) is 5.82. The number of piperidine rings is 1. The Morgan fingerprint density at radius 3 is 2.83 bits per heavy atom. The Morgan fingerprint density at radius 2 is 2.03 bits per heavy atom. The van der Waals surface area contributed by atoms with Crippen molar-refractivity contribution in [3.63, 3.8) is 0 Å². The third-order valence-electron chi connectivity index (χ3n) is 5.82. The Kier molecular flexibility index (Phi) is 4.35. The normalized spacial score (nSPS) is 17.9. The van der Waals surface area contributed by atoms with E-state index in [1.807, 2.05) is 42.3 Å². The fourth-order valence-electron chi connectivity index (χ4n) is 4.31. The van der Waals surface area contributed by atoms with Crippen LogP contribution in [0.5, 0.6) is 0 Å². The largest absolute Gasteiger partial charge is 0.368 e. The van der Waals surface area contributed by atoms with Crippen molar-refractivity contribution in [3.8, 4) is 5.69 Å². The number of carbonyl (C=O) groups is 1. The highest BCUT2D eigenvalue weighted by Gasteiger charge is 2.43. The van der Waals surface area contributed by atoms with Gasteiger partial charge in [-0.3, -0.25) is 4.79 Å². The van der Waals surface area contributed by atoms with E-state index in [1.54, 1.807) is 11.0 Å². The number of rotatable bonds is 2. The number of aromatic nitrogens is 5. The first kappa shape index (κ1) is 17.9. The van der Waals surface area contributed by atoms with Gasteiger partial charge in [0, 0.05) is 19.3 Å². The van der Waals surface area contributed by atoms with E-state index in [2.05, 4.69) is 15.1 Å². The molecule has 0 bridgehead atoms. The van der Waals surface area contributed by atoms with E-state index in [4.69, 9.17) is 9.72 Å². The van der Waals surface area contributed by atoms with Crippen LogP contribution in [0, 0.1) is 6.92 Å². The predicted octanol–water partition coefficient (Wildman–Crippen LogP) is 2.07. The first-order chi connectivity index (χ1) is 14.2. The quantitative estimate of drug-likeness (QED) is 0.666.